The smallest absolute Gasteiger partial charge is 0.306 e. The lowest BCUT2D eigenvalue weighted by Gasteiger charge is -2.26. The molecule has 162 valence electrons. The third-order valence-corrected chi connectivity index (χ3v) is 3.61. The molecule has 0 saturated carbocycles. The molecule has 0 aliphatic carbocycles. The van der Waals surface area contributed by atoms with Crippen molar-refractivity contribution in [1.29, 1.82) is 0 Å². The Morgan fingerprint density at radius 2 is 0.821 bits per heavy atom. The summed E-state index contributed by atoms with van der Waals surface area (Å²) in [5, 5.41) is 0. The van der Waals surface area contributed by atoms with Crippen LogP contribution in [0.5, 0.6) is 0 Å². The first-order valence-electron chi connectivity index (χ1n) is 10.1. The van der Waals surface area contributed by atoms with Crippen LogP contribution in [0, 0.1) is 0 Å². The maximum absolute atomic E-state index is 12.0. The van der Waals surface area contributed by atoms with Crippen LogP contribution in [0.1, 0.15) is 79.1 Å². The number of carbonyl (C=O) groups excluding carboxylic acids is 4. The van der Waals surface area contributed by atoms with Crippen LogP contribution in [-0.4, -0.2) is 49.3 Å². The van der Waals surface area contributed by atoms with Gasteiger partial charge in [0.15, 0.2) is 12.2 Å². The number of esters is 4. The fourth-order valence-electron chi connectivity index (χ4n) is 2.20. The molecular weight excluding hydrogens is 368 g/mol. The van der Waals surface area contributed by atoms with E-state index in [1.807, 2.05) is 27.7 Å². The molecule has 0 spiro atoms. The largest absolute Gasteiger partial charge is 0.462 e. The number of ether oxygens (including phenoxy) is 4. The molecule has 0 aliphatic heterocycles. The van der Waals surface area contributed by atoms with Gasteiger partial charge in [-0.15, -0.1) is 0 Å². The lowest BCUT2D eigenvalue weighted by atomic mass is 10.2. The van der Waals surface area contributed by atoms with Gasteiger partial charge in [0, 0.05) is 25.7 Å². The molecule has 0 heterocycles. The second-order valence-corrected chi connectivity index (χ2v) is 6.42. The van der Waals surface area contributed by atoms with Gasteiger partial charge >= 0.3 is 23.9 Å². The Hall–Kier alpha value is -2.12. The van der Waals surface area contributed by atoms with Crippen molar-refractivity contribution < 1.29 is 38.1 Å². The van der Waals surface area contributed by atoms with E-state index in [-0.39, 0.29) is 38.9 Å². The Kier molecular flexibility index (Phi) is 14.7. The SMILES string of the molecule is CCCC(=O)OC[C@@H](OC(=O)CCC)[C@@H](COC(=O)CCC)OC(=O)CCC. The number of rotatable bonds is 15. The van der Waals surface area contributed by atoms with Crippen molar-refractivity contribution in [3.63, 3.8) is 0 Å². The molecular formula is C20H34O8. The molecule has 8 nitrogen and oxygen atoms in total. The molecule has 2 atom stereocenters. The Morgan fingerprint density at radius 3 is 1.11 bits per heavy atom. The van der Waals surface area contributed by atoms with Crippen molar-refractivity contribution in [2.45, 2.75) is 91.3 Å². The second-order valence-electron chi connectivity index (χ2n) is 6.42. The summed E-state index contributed by atoms with van der Waals surface area (Å²) in [6.07, 6.45) is 1.08. The Bertz CT molecular complexity index is 445. The Morgan fingerprint density at radius 1 is 0.536 bits per heavy atom. The van der Waals surface area contributed by atoms with Crippen LogP contribution in [0.4, 0.5) is 0 Å². The Balaban J connectivity index is 5.23. The van der Waals surface area contributed by atoms with Crippen molar-refractivity contribution in [3.05, 3.63) is 0 Å². The third-order valence-electron chi connectivity index (χ3n) is 3.61. The van der Waals surface area contributed by atoms with Gasteiger partial charge in [0.05, 0.1) is 0 Å². The molecule has 0 aromatic heterocycles. The molecule has 0 fully saturated rings. The molecule has 0 aliphatic rings. The monoisotopic (exact) mass is 402 g/mol. The molecule has 0 rings (SSSR count). The molecule has 0 unspecified atom stereocenters. The first-order chi connectivity index (χ1) is 13.4. The van der Waals surface area contributed by atoms with E-state index in [1.165, 1.54) is 0 Å². The van der Waals surface area contributed by atoms with E-state index in [9.17, 15) is 19.2 Å². The van der Waals surface area contributed by atoms with Crippen LogP contribution < -0.4 is 0 Å². The zero-order valence-electron chi connectivity index (χ0n) is 17.5. The van der Waals surface area contributed by atoms with Gasteiger partial charge in [-0.25, -0.2) is 0 Å². The third kappa shape index (κ3) is 12.3. The van der Waals surface area contributed by atoms with Crippen molar-refractivity contribution in [2.24, 2.45) is 0 Å². The van der Waals surface area contributed by atoms with E-state index >= 15 is 0 Å². The highest BCUT2D eigenvalue weighted by Gasteiger charge is 2.31. The van der Waals surface area contributed by atoms with Crippen molar-refractivity contribution in [1.82, 2.24) is 0 Å². The molecule has 0 aromatic rings. The quantitative estimate of drug-likeness (QED) is 0.304. The summed E-state index contributed by atoms with van der Waals surface area (Å²) >= 11 is 0. The van der Waals surface area contributed by atoms with Gasteiger partial charge in [-0.05, 0) is 25.7 Å². The van der Waals surface area contributed by atoms with Crippen molar-refractivity contribution in [2.75, 3.05) is 13.2 Å². The average molecular weight is 402 g/mol. The normalized spacial score (nSPS) is 12.6. The van der Waals surface area contributed by atoms with E-state index in [1.54, 1.807) is 0 Å². The molecule has 0 amide bonds. The molecule has 0 saturated heterocycles. The maximum atomic E-state index is 12.0. The average Bonchev–Trinajstić information content (AvgIpc) is 2.63. The van der Waals surface area contributed by atoms with Crippen LogP contribution in [0.15, 0.2) is 0 Å². The Labute approximate surface area is 167 Å². The zero-order chi connectivity index (χ0) is 21.4. The van der Waals surface area contributed by atoms with Gasteiger partial charge in [0.25, 0.3) is 0 Å². The van der Waals surface area contributed by atoms with Gasteiger partial charge in [0.2, 0.25) is 0 Å². The minimum Gasteiger partial charge on any atom is -0.462 e. The summed E-state index contributed by atoms with van der Waals surface area (Å²) in [6, 6.07) is 0. The predicted octanol–water partition coefficient (Wildman–Crippen LogP) is 3.10. The molecule has 8 heteroatoms. The van der Waals surface area contributed by atoms with E-state index in [0.29, 0.717) is 25.7 Å². The van der Waals surface area contributed by atoms with E-state index in [4.69, 9.17) is 18.9 Å². The first-order valence-corrected chi connectivity index (χ1v) is 10.1. The standard InChI is InChI=1S/C20H34O8/c1-5-9-17(21)25-13-15(27-19(23)11-7-3)16(28-20(24)12-8-4)14-26-18(22)10-6-2/h15-16H,5-14H2,1-4H3/t15-,16-/m1/s1. The summed E-state index contributed by atoms with van der Waals surface area (Å²) in [6.45, 7) is 6.77. The highest BCUT2D eigenvalue weighted by atomic mass is 16.6. The van der Waals surface area contributed by atoms with Crippen LogP contribution >= 0.6 is 0 Å². The first kappa shape index (κ1) is 25.9. The molecule has 0 radical (unpaired) electrons. The molecule has 0 aromatic carbocycles. The van der Waals surface area contributed by atoms with Crippen LogP contribution in [0.25, 0.3) is 0 Å². The van der Waals surface area contributed by atoms with Gasteiger partial charge in [-0.2, -0.15) is 0 Å². The predicted molar refractivity (Wildman–Crippen MR) is 101 cm³/mol. The fourth-order valence-corrected chi connectivity index (χ4v) is 2.20. The minimum absolute atomic E-state index is 0.171. The second kappa shape index (κ2) is 15.9. The molecule has 0 bridgehead atoms. The van der Waals surface area contributed by atoms with Crippen molar-refractivity contribution >= 4 is 23.9 Å². The topological polar surface area (TPSA) is 105 Å². The van der Waals surface area contributed by atoms with E-state index in [2.05, 4.69) is 0 Å². The summed E-state index contributed by atoms with van der Waals surface area (Å²) in [5.74, 6) is -1.90. The number of hydrogen-bond donors (Lipinski definition) is 0. The fraction of sp³-hybridized carbons (Fsp3) is 0.800. The van der Waals surface area contributed by atoms with Crippen LogP contribution in [0.2, 0.25) is 0 Å². The summed E-state index contributed by atoms with van der Waals surface area (Å²) in [4.78, 5) is 47.3. The highest BCUT2D eigenvalue weighted by Crippen LogP contribution is 2.12. The van der Waals surface area contributed by atoms with E-state index < -0.39 is 36.1 Å². The van der Waals surface area contributed by atoms with Gasteiger partial charge < -0.3 is 18.9 Å². The maximum Gasteiger partial charge on any atom is 0.306 e. The van der Waals surface area contributed by atoms with Gasteiger partial charge in [0.1, 0.15) is 13.2 Å². The van der Waals surface area contributed by atoms with Gasteiger partial charge in [-0.1, -0.05) is 27.7 Å². The van der Waals surface area contributed by atoms with Crippen LogP contribution in [-0.2, 0) is 38.1 Å². The lowest BCUT2D eigenvalue weighted by Crippen LogP contribution is -2.42. The van der Waals surface area contributed by atoms with Crippen LogP contribution in [0.3, 0.4) is 0 Å². The minimum atomic E-state index is -1.05. The highest BCUT2D eigenvalue weighted by molar-refractivity contribution is 5.71. The zero-order valence-corrected chi connectivity index (χ0v) is 17.5. The number of hydrogen-bond acceptors (Lipinski definition) is 8. The van der Waals surface area contributed by atoms with Crippen molar-refractivity contribution in [3.8, 4) is 0 Å². The summed E-state index contributed by atoms with van der Waals surface area (Å²) in [7, 11) is 0. The summed E-state index contributed by atoms with van der Waals surface area (Å²) in [5.41, 5.74) is 0. The molecule has 28 heavy (non-hydrogen) atoms. The summed E-state index contributed by atoms with van der Waals surface area (Å²) < 4.78 is 21.0. The lowest BCUT2D eigenvalue weighted by molar-refractivity contribution is -0.182. The van der Waals surface area contributed by atoms with E-state index in [0.717, 1.165) is 0 Å². The number of carbonyl (C=O) groups is 4. The molecule has 0 N–H and O–H groups in total. The van der Waals surface area contributed by atoms with Gasteiger partial charge in [-0.3, -0.25) is 19.2 Å².